The molecule has 3 aliphatic heterocycles. The summed E-state index contributed by atoms with van der Waals surface area (Å²) < 4.78 is 15.3. The Morgan fingerprint density at radius 2 is 1.16 bits per heavy atom. The maximum atomic E-state index is 12.0. The van der Waals surface area contributed by atoms with E-state index in [0.717, 1.165) is 17.5 Å². The van der Waals surface area contributed by atoms with Crippen LogP contribution in [0.25, 0.3) is 0 Å². The van der Waals surface area contributed by atoms with E-state index in [1.807, 2.05) is 91.0 Å². The first-order chi connectivity index (χ1) is 20.7. The first kappa shape index (κ1) is 31.4. The minimum atomic E-state index is -0.770. The summed E-state index contributed by atoms with van der Waals surface area (Å²) in [5.41, 5.74) is 2.44. The summed E-state index contributed by atoms with van der Waals surface area (Å²) in [5, 5.41) is 8.41. The van der Waals surface area contributed by atoms with Gasteiger partial charge in [-0.1, -0.05) is 119 Å². The molecule has 3 aromatic carbocycles. The van der Waals surface area contributed by atoms with Crippen LogP contribution in [-0.4, -0.2) is 49.6 Å². The van der Waals surface area contributed by atoms with E-state index >= 15 is 0 Å². The maximum Gasteiger partial charge on any atom is 0.408 e. The molecule has 9 heteroatoms. The smallest absolute Gasteiger partial charge is 0.408 e. The third kappa shape index (κ3) is 8.06. The Morgan fingerprint density at radius 3 is 1.58 bits per heavy atom. The number of ether oxygens (including phenoxy) is 3. The third-order valence-electron chi connectivity index (χ3n) is 7.60. The van der Waals surface area contributed by atoms with E-state index in [-0.39, 0.29) is 42.3 Å². The largest absolute Gasteiger partial charge is 0.447 e. The van der Waals surface area contributed by atoms with Gasteiger partial charge in [0.2, 0.25) is 0 Å². The van der Waals surface area contributed by atoms with Crippen molar-refractivity contribution in [3.63, 3.8) is 0 Å². The van der Waals surface area contributed by atoms with Crippen molar-refractivity contribution in [1.29, 1.82) is 0 Å². The van der Waals surface area contributed by atoms with E-state index in [4.69, 9.17) is 9.47 Å². The zero-order chi connectivity index (χ0) is 30.8. The van der Waals surface area contributed by atoms with Gasteiger partial charge in [-0.3, -0.25) is 0 Å². The molecule has 3 unspecified atom stereocenters. The number of rotatable bonds is 6. The van der Waals surface area contributed by atoms with Crippen molar-refractivity contribution in [1.82, 2.24) is 16.0 Å². The quantitative estimate of drug-likeness (QED) is 0.315. The molecule has 3 aromatic rings. The van der Waals surface area contributed by atoms with Gasteiger partial charge in [-0.05, 0) is 23.8 Å². The lowest BCUT2D eigenvalue weighted by atomic mass is 9.76. The van der Waals surface area contributed by atoms with Gasteiger partial charge in [0.05, 0.1) is 18.1 Å². The molecule has 3 saturated heterocycles. The molecule has 9 nitrogen and oxygen atoms in total. The topological polar surface area (TPSA) is 115 Å². The Labute approximate surface area is 253 Å². The van der Waals surface area contributed by atoms with Crippen LogP contribution in [-0.2, 0) is 26.2 Å². The van der Waals surface area contributed by atoms with Crippen molar-refractivity contribution in [2.24, 2.45) is 11.8 Å². The normalized spacial score (nSPS) is 21.6. The number of nitrogens with one attached hydrogen (secondary N) is 3. The molecule has 0 radical (unpaired) electrons. The van der Waals surface area contributed by atoms with Crippen LogP contribution in [0.2, 0.25) is 0 Å². The Bertz CT molecular complexity index is 1290. The molecule has 3 atom stereocenters. The molecule has 3 N–H and O–H groups in total. The van der Waals surface area contributed by atoms with Crippen LogP contribution in [0.15, 0.2) is 91.0 Å². The average Bonchev–Trinajstić information content (AvgIpc) is 3.74. The fourth-order valence-electron chi connectivity index (χ4n) is 5.31. The Kier molecular flexibility index (Phi) is 10.6. The molecular formula is C34H41N3O6. The fourth-order valence-corrected chi connectivity index (χ4v) is 5.31. The van der Waals surface area contributed by atoms with Gasteiger partial charge < -0.3 is 30.2 Å². The van der Waals surface area contributed by atoms with E-state index in [1.165, 1.54) is 5.56 Å². The maximum absolute atomic E-state index is 12.0. The van der Waals surface area contributed by atoms with Gasteiger partial charge in [-0.25, -0.2) is 14.4 Å². The summed E-state index contributed by atoms with van der Waals surface area (Å²) >= 11 is 0. The van der Waals surface area contributed by atoms with Crippen molar-refractivity contribution in [2.45, 2.75) is 57.8 Å². The number of carbonyl (C=O) groups excluding carboxylic acids is 3. The lowest BCUT2D eigenvalue weighted by Crippen LogP contribution is -2.45. The van der Waals surface area contributed by atoms with Crippen LogP contribution >= 0.6 is 0 Å². The van der Waals surface area contributed by atoms with Crippen molar-refractivity contribution >= 4 is 18.3 Å². The lowest BCUT2D eigenvalue weighted by molar-refractivity contribution is 0.0584. The summed E-state index contributed by atoms with van der Waals surface area (Å²) in [6, 6.07) is 30.2. The molecule has 3 aliphatic rings. The van der Waals surface area contributed by atoms with E-state index in [2.05, 4.69) is 48.4 Å². The van der Waals surface area contributed by atoms with Crippen LogP contribution < -0.4 is 16.0 Å². The van der Waals surface area contributed by atoms with E-state index in [0.29, 0.717) is 19.1 Å². The molecule has 43 heavy (non-hydrogen) atoms. The second-order valence-electron chi connectivity index (χ2n) is 11.4. The molecule has 0 aromatic heterocycles. The SMILES string of the molecule is CC(C)C1COC(=O)N1.CC(C)C1NC(=O)OC1(c1ccccc1)c1ccccc1.O=C1NC(Cc2ccccc2)CO1. The van der Waals surface area contributed by atoms with Gasteiger partial charge >= 0.3 is 18.3 Å². The Morgan fingerprint density at radius 1 is 0.651 bits per heavy atom. The first-order valence-corrected chi connectivity index (χ1v) is 14.7. The fraction of sp³-hybridized carbons (Fsp3) is 0.382. The standard InChI is InChI=1S/C18H19NO2.C10H11NO2.C6H11NO2/c1-13(2)16-18(21-17(20)19-16,14-9-5-3-6-10-14)15-11-7-4-8-12-15;12-10-11-9(7-13-10)6-8-4-2-1-3-5-8;1-4(2)5-3-9-6(8)7-5/h3-13,16H,1-2H3,(H,19,20);1-5,9H,6-7H2,(H,11,12);4-5H,3H2,1-2H3,(H,7,8). The van der Waals surface area contributed by atoms with Crippen molar-refractivity contribution in [3.05, 3.63) is 108 Å². The van der Waals surface area contributed by atoms with Crippen LogP contribution in [0.4, 0.5) is 14.4 Å². The first-order valence-electron chi connectivity index (χ1n) is 14.7. The van der Waals surface area contributed by atoms with E-state index < -0.39 is 5.60 Å². The molecule has 228 valence electrons. The zero-order valence-electron chi connectivity index (χ0n) is 25.1. The number of carbonyl (C=O) groups is 3. The van der Waals surface area contributed by atoms with Gasteiger partial charge in [0, 0.05) is 11.1 Å². The summed E-state index contributed by atoms with van der Waals surface area (Å²) in [4.78, 5) is 33.1. The number of benzene rings is 3. The molecule has 0 spiro atoms. The molecular weight excluding hydrogens is 546 g/mol. The highest BCUT2D eigenvalue weighted by molar-refractivity contribution is 5.73. The second kappa shape index (κ2) is 14.6. The van der Waals surface area contributed by atoms with E-state index in [1.54, 1.807) is 0 Å². The van der Waals surface area contributed by atoms with Crippen LogP contribution in [0, 0.1) is 11.8 Å². The molecule has 3 fully saturated rings. The van der Waals surface area contributed by atoms with Crippen molar-refractivity contribution in [2.75, 3.05) is 13.2 Å². The summed E-state index contributed by atoms with van der Waals surface area (Å²) in [6.07, 6.45) is -0.108. The minimum Gasteiger partial charge on any atom is -0.447 e. The highest BCUT2D eigenvalue weighted by Crippen LogP contribution is 2.43. The second-order valence-corrected chi connectivity index (χ2v) is 11.4. The summed E-state index contributed by atoms with van der Waals surface area (Å²) in [6.45, 7) is 9.31. The minimum absolute atomic E-state index is 0.102. The molecule has 0 saturated carbocycles. The predicted molar refractivity (Wildman–Crippen MR) is 163 cm³/mol. The van der Waals surface area contributed by atoms with Crippen molar-refractivity contribution in [3.8, 4) is 0 Å². The van der Waals surface area contributed by atoms with Crippen LogP contribution in [0.5, 0.6) is 0 Å². The molecule has 0 bridgehead atoms. The van der Waals surface area contributed by atoms with Crippen LogP contribution in [0.3, 0.4) is 0 Å². The molecule has 3 heterocycles. The van der Waals surface area contributed by atoms with Gasteiger partial charge in [0.15, 0.2) is 5.60 Å². The zero-order valence-corrected chi connectivity index (χ0v) is 25.1. The summed E-state index contributed by atoms with van der Waals surface area (Å²) in [7, 11) is 0. The summed E-state index contributed by atoms with van der Waals surface area (Å²) in [5.74, 6) is 0.716. The highest BCUT2D eigenvalue weighted by Gasteiger charge is 2.52. The molecule has 6 rings (SSSR count). The number of hydrogen-bond donors (Lipinski definition) is 3. The Balaban J connectivity index is 0.000000163. The number of hydrogen-bond acceptors (Lipinski definition) is 6. The van der Waals surface area contributed by atoms with Crippen LogP contribution in [0.1, 0.15) is 44.4 Å². The predicted octanol–water partition coefficient (Wildman–Crippen LogP) is 5.78. The lowest BCUT2D eigenvalue weighted by Gasteiger charge is -2.35. The number of cyclic esters (lactones) is 3. The number of alkyl carbamates (subject to hydrolysis) is 3. The van der Waals surface area contributed by atoms with Gasteiger partial charge in [0.1, 0.15) is 13.2 Å². The van der Waals surface area contributed by atoms with Crippen molar-refractivity contribution < 1.29 is 28.6 Å². The van der Waals surface area contributed by atoms with Gasteiger partial charge in [-0.2, -0.15) is 0 Å². The van der Waals surface area contributed by atoms with E-state index in [9.17, 15) is 14.4 Å². The Hall–Kier alpha value is -4.53. The third-order valence-corrected chi connectivity index (χ3v) is 7.60. The number of amides is 3. The molecule has 0 aliphatic carbocycles. The average molecular weight is 588 g/mol. The highest BCUT2D eigenvalue weighted by atomic mass is 16.6. The van der Waals surface area contributed by atoms with Gasteiger partial charge in [-0.15, -0.1) is 0 Å². The monoisotopic (exact) mass is 587 g/mol. The molecule has 3 amide bonds. The van der Waals surface area contributed by atoms with Gasteiger partial charge in [0.25, 0.3) is 0 Å².